The van der Waals surface area contributed by atoms with Gasteiger partial charge in [-0.05, 0) is 43.3 Å². The smallest absolute Gasteiger partial charge is 0.277 e. The summed E-state index contributed by atoms with van der Waals surface area (Å²) in [5, 5.41) is 3.73. The number of carbonyl (C=O) groups excluding carboxylic acids is 1. The fourth-order valence-electron chi connectivity index (χ4n) is 2.68. The second kappa shape index (κ2) is 7.47. The lowest BCUT2D eigenvalue weighted by molar-refractivity contribution is 0.0984. The highest BCUT2D eigenvalue weighted by Gasteiger charge is 2.23. The van der Waals surface area contributed by atoms with Gasteiger partial charge in [-0.25, -0.2) is 5.01 Å². The molecule has 0 N–H and O–H groups in total. The van der Waals surface area contributed by atoms with Gasteiger partial charge in [0.15, 0.2) is 0 Å². The van der Waals surface area contributed by atoms with Crippen LogP contribution in [0.4, 0.5) is 11.4 Å². The van der Waals surface area contributed by atoms with E-state index in [1.165, 1.54) is 0 Å². The molecular formula is C21H20N2O. The topological polar surface area (TPSA) is 23.6 Å². The summed E-state index contributed by atoms with van der Waals surface area (Å²) in [7, 11) is 0. The zero-order chi connectivity index (χ0) is 16.8. The minimum absolute atomic E-state index is 0.0486. The van der Waals surface area contributed by atoms with E-state index < -0.39 is 0 Å². The molecule has 3 aromatic carbocycles. The van der Waals surface area contributed by atoms with Crippen molar-refractivity contribution in [2.75, 3.05) is 16.6 Å². The van der Waals surface area contributed by atoms with Crippen molar-refractivity contribution in [3.05, 3.63) is 96.6 Å². The molecule has 3 heteroatoms. The van der Waals surface area contributed by atoms with Crippen LogP contribution in [0.5, 0.6) is 0 Å². The van der Waals surface area contributed by atoms with Gasteiger partial charge in [-0.3, -0.25) is 9.80 Å². The van der Waals surface area contributed by atoms with Crippen LogP contribution < -0.4 is 10.0 Å². The quantitative estimate of drug-likeness (QED) is 0.633. The minimum Gasteiger partial charge on any atom is -0.278 e. The minimum atomic E-state index is -0.0486. The molecule has 0 aromatic heterocycles. The molecule has 24 heavy (non-hydrogen) atoms. The summed E-state index contributed by atoms with van der Waals surface area (Å²) < 4.78 is 0. The lowest BCUT2D eigenvalue weighted by Crippen LogP contribution is -2.47. The normalized spacial score (nSPS) is 10.2. The maximum Gasteiger partial charge on any atom is 0.277 e. The number of hydrazine groups is 1. The van der Waals surface area contributed by atoms with E-state index in [4.69, 9.17) is 0 Å². The van der Waals surface area contributed by atoms with Crippen molar-refractivity contribution < 1.29 is 4.79 Å². The molecule has 0 aliphatic carbocycles. The highest BCUT2D eigenvalue weighted by atomic mass is 16.2. The summed E-state index contributed by atoms with van der Waals surface area (Å²) >= 11 is 0. The molecule has 1 amide bonds. The van der Waals surface area contributed by atoms with Crippen LogP contribution in [0.25, 0.3) is 0 Å². The molecule has 0 fully saturated rings. The van der Waals surface area contributed by atoms with Crippen molar-refractivity contribution in [2.45, 2.75) is 6.92 Å². The first-order valence-corrected chi connectivity index (χ1v) is 8.08. The number of hydrogen-bond donors (Lipinski definition) is 0. The Morgan fingerprint density at radius 1 is 0.708 bits per heavy atom. The molecule has 0 aliphatic heterocycles. The van der Waals surface area contributed by atoms with Crippen LogP contribution in [-0.2, 0) is 0 Å². The molecule has 3 nitrogen and oxygen atoms in total. The Balaban J connectivity index is 2.07. The summed E-state index contributed by atoms with van der Waals surface area (Å²) in [5.74, 6) is -0.0486. The molecule has 120 valence electrons. The number of benzene rings is 3. The number of rotatable bonds is 5. The molecule has 0 heterocycles. The van der Waals surface area contributed by atoms with Gasteiger partial charge in [0.2, 0.25) is 0 Å². The molecule has 3 aromatic rings. The Morgan fingerprint density at radius 3 is 1.67 bits per heavy atom. The van der Waals surface area contributed by atoms with Crippen LogP contribution in [0, 0.1) is 0 Å². The molecule has 0 saturated heterocycles. The molecule has 0 bridgehead atoms. The Bertz CT molecular complexity index is 773. The average molecular weight is 316 g/mol. The summed E-state index contributed by atoms with van der Waals surface area (Å²) in [6.45, 7) is 2.72. The average Bonchev–Trinajstić information content (AvgIpc) is 2.67. The fraction of sp³-hybridized carbons (Fsp3) is 0.0952. The molecule has 0 spiro atoms. The van der Waals surface area contributed by atoms with E-state index in [1.54, 1.807) is 5.01 Å². The first-order chi connectivity index (χ1) is 11.8. The highest BCUT2D eigenvalue weighted by Crippen LogP contribution is 2.24. The third kappa shape index (κ3) is 3.30. The van der Waals surface area contributed by atoms with Crippen LogP contribution >= 0.6 is 0 Å². The monoisotopic (exact) mass is 316 g/mol. The number of para-hydroxylation sites is 2. The van der Waals surface area contributed by atoms with Crippen LogP contribution in [-0.4, -0.2) is 12.5 Å². The molecule has 0 aliphatic rings. The van der Waals surface area contributed by atoms with E-state index in [0.717, 1.165) is 11.4 Å². The molecule has 0 saturated carbocycles. The van der Waals surface area contributed by atoms with Crippen molar-refractivity contribution >= 4 is 17.3 Å². The van der Waals surface area contributed by atoms with Gasteiger partial charge in [-0.1, -0.05) is 54.6 Å². The number of anilines is 2. The predicted octanol–water partition coefficient (Wildman–Crippen LogP) is 4.77. The molecule has 0 unspecified atom stereocenters. The number of nitrogens with zero attached hydrogens (tertiary/aromatic N) is 2. The first kappa shape index (κ1) is 15.8. The number of hydrogen-bond acceptors (Lipinski definition) is 2. The molecule has 0 atom stereocenters. The van der Waals surface area contributed by atoms with Crippen molar-refractivity contribution in [1.82, 2.24) is 0 Å². The van der Waals surface area contributed by atoms with E-state index in [1.807, 2.05) is 103 Å². The van der Waals surface area contributed by atoms with E-state index in [-0.39, 0.29) is 5.91 Å². The summed E-state index contributed by atoms with van der Waals surface area (Å²) in [6.07, 6.45) is 0. The second-order valence-electron chi connectivity index (χ2n) is 5.37. The zero-order valence-electron chi connectivity index (χ0n) is 13.7. The van der Waals surface area contributed by atoms with E-state index in [9.17, 15) is 4.79 Å². The lowest BCUT2D eigenvalue weighted by atomic mass is 10.2. The van der Waals surface area contributed by atoms with Gasteiger partial charge in [0.25, 0.3) is 5.91 Å². The van der Waals surface area contributed by atoms with Crippen LogP contribution in [0.2, 0.25) is 0 Å². The van der Waals surface area contributed by atoms with E-state index in [0.29, 0.717) is 12.1 Å². The van der Waals surface area contributed by atoms with Crippen molar-refractivity contribution in [3.8, 4) is 0 Å². The third-order valence-electron chi connectivity index (χ3n) is 3.81. The Labute approximate surface area is 142 Å². The number of carbonyl (C=O) groups is 1. The van der Waals surface area contributed by atoms with E-state index in [2.05, 4.69) is 0 Å². The predicted molar refractivity (Wildman–Crippen MR) is 99.2 cm³/mol. The van der Waals surface area contributed by atoms with Gasteiger partial charge >= 0.3 is 0 Å². The Hall–Kier alpha value is -3.07. The second-order valence-corrected chi connectivity index (χ2v) is 5.37. The number of amides is 1. The zero-order valence-corrected chi connectivity index (χ0v) is 13.7. The highest BCUT2D eigenvalue weighted by molar-refractivity contribution is 6.07. The van der Waals surface area contributed by atoms with E-state index >= 15 is 0 Å². The van der Waals surface area contributed by atoms with Gasteiger partial charge in [0.1, 0.15) is 0 Å². The molecular weight excluding hydrogens is 296 g/mol. The van der Waals surface area contributed by atoms with Gasteiger partial charge in [-0.2, -0.15) is 0 Å². The van der Waals surface area contributed by atoms with Crippen molar-refractivity contribution in [2.24, 2.45) is 0 Å². The maximum absolute atomic E-state index is 13.2. The van der Waals surface area contributed by atoms with Gasteiger partial charge in [-0.15, -0.1) is 0 Å². The third-order valence-corrected chi connectivity index (χ3v) is 3.81. The first-order valence-electron chi connectivity index (χ1n) is 8.08. The Kier molecular flexibility index (Phi) is 4.92. The van der Waals surface area contributed by atoms with Crippen molar-refractivity contribution in [1.29, 1.82) is 0 Å². The summed E-state index contributed by atoms with van der Waals surface area (Å²) in [6, 6.07) is 29.1. The van der Waals surface area contributed by atoms with Crippen LogP contribution in [0.15, 0.2) is 91.0 Å². The SMILES string of the molecule is CCN(c1ccccc1)N(C(=O)c1ccccc1)c1ccccc1. The van der Waals surface area contributed by atoms with Gasteiger partial charge < -0.3 is 0 Å². The van der Waals surface area contributed by atoms with Crippen molar-refractivity contribution in [3.63, 3.8) is 0 Å². The summed E-state index contributed by atoms with van der Waals surface area (Å²) in [4.78, 5) is 13.2. The summed E-state index contributed by atoms with van der Waals surface area (Å²) in [5.41, 5.74) is 2.49. The van der Waals surface area contributed by atoms with Crippen LogP contribution in [0.1, 0.15) is 17.3 Å². The van der Waals surface area contributed by atoms with Gasteiger partial charge in [0.05, 0.1) is 11.4 Å². The standard InChI is InChI=1S/C21H20N2O/c1-2-22(19-14-8-4-9-15-19)23(20-16-10-5-11-17-20)21(24)18-12-6-3-7-13-18/h3-17H,2H2,1H3. The Morgan fingerprint density at radius 2 is 1.17 bits per heavy atom. The van der Waals surface area contributed by atoms with Gasteiger partial charge in [0, 0.05) is 12.1 Å². The molecule has 3 rings (SSSR count). The molecule has 0 radical (unpaired) electrons. The fourth-order valence-corrected chi connectivity index (χ4v) is 2.68. The largest absolute Gasteiger partial charge is 0.278 e. The van der Waals surface area contributed by atoms with Crippen LogP contribution in [0.3, 0.4) is 0 Å². The lowest BCUT2D eigenvalue weighted by Gasteiger charge is -2.36. The maximum atomic E-state index is 13.2.